The minimum absolute atomic E-state index is 0.573. The van der Waals surface area contributed by atoms with Crippen LogP contribution in [0.1, 0.15) is 5.56 Å². The Kier molecular flexibility index (Phi) is 2.23. The van der Waals surface area contributed by atoms with Crippen molar-refractivity contribution in [3.05, 3.63) is 46.5 Å². The number of hydrogen-bond donors (Lipinski definition) is 1. The van der Waals surface area contributed by atoms with Crippen LogP contribution in [0.3, 0.4) is 0 Å². The van der Waals surface area contributed by atoms with E-state index in [0.29, 0.717) is 4.80 Å². The normalized spacial score (nSPS) is 10.2. The highest BCUT2D eigenvalue weighted by atomic mass is 32.1. The predicted molar refractivity (Wildman–Crippen MR) is 51.5 cm³/mol. The summed E-state index contributed by atoms with van der Waals surface area (Å²) in [4.78, 5) is 4.60. The van der Waals surface area contributed by atoms with E-state index in [1.807, 2.05) is 34.5 Å². The Morgan fingerprint density at radius 2 is 2.46 bits per heavy atom. The quantitative estimate of drug-likeness (QED) is 0.767. The van der Waals surface area contributed by atoms with Crippen molar-refractivity contribution in [3.63, 3.8) is 0 Å². The minimum atomic E-state index is 0.573. The molecule has 2 aromatic heterocycles. The highest BCUT2D eigenvalue weighted by molar-refractivity contribution is 7.06. The van der Waals surface area contributed by atoms with Crippen molar-refractivity contribution < 1.29 is 0 Å². The maximum Gasteiger partial charge on any atom is 0.182 e. The molecule has 0 saturated heterocycles. The van der Waals surface area contributed by atoms with E-state index < -0.39 is 0 Å². The molecule has 2 aromatic rings. The summed E-state index contributed by atoms with van der Waals surface area (Å²) in [7, 11) is 0. The maximum absolute atomic E-state index is 7.56. The predicted octanol–water partition coefficient (Wildman–Crippen LogP) is 1.47. The number of nitrogens with zero attached hydrogens (tertiary/aromatic N) is 2. The molecular weight excluding hydrogens is 182 g/mol. The van der Waals surface area contributed by atoms with E-state index in [1.165, 1.54) is 11.3 Å². The largest absolute Gasteiger partial charge is 0.320 e. The van der Waals surface area contributed by atoms with Gasteiger partial charge in [0.2, 0.25) is 0 Å². The van der Waals surface area contributed by atoms with Gasteiger partial charge < -0.3 is 4.57 Å². The standard InChI is InChI=1S/C9H9N3S/c10-9-12(4-5-13-9)7-8-2-1-3-11-6-8/h1-6,10H,7H2. The SMILES string of the molecule is N=c1sccn1Cc1cccnc1. The van der Waals surface area contributed by atoms with Crippen molar-refractivity contribution in [1.29, 1.82) is 5.41 Å². The van der Waals surface area contributed by atoms with E-state index in [2.05, 4.69) is 4.98 Å². The van der Waals surface area contributed by atoms with Gasteiger partial charge in [-0.05, 0) is 11.6 Å². The fraction of sp³-hybridized carbons (Fsp3) is 0.111. The van der Waals surface area contributed by atoms with Gasteiger partial charge in [0.25, 0.3) is 0 Å². The zero-order valence-electron chi connectivity index (χ0n) is 6.97. The van der Waals surface area contributed by atoms with Crippen LogP contribution in [0.25, 0.3) is 0 Å². The van der Waals surface area contributed by atoms with Crippen LogP contribution >= 0.6 is 11.3 Å². The van der Waals surface area contributed by atoms with E-state index in [-0.39, 0.29) is 0 Å². The number of aromatic nitrogens is 2. The monoisotopic (exact) mass is 191 g/mol. The van der Waals surface area contributed by atoms with Crippen molar-refractivity contribution >= 4 is 11.3 Å². The summed E-state index contributed by atoms with van der Waals surface area (Å²) < 4.78 is 1.89. The molecule has 0 unspecified atom stereocenters. The molecule has 0 aliphatic carbocycles. The van der Waals surface area contributed by atoms with Crippen LogP contribution in [-0.4, -0.2) is 9.55 Å². The molecule has 4 heteroatoms. The minimum Gasteiger partial charge on any atom is -0.320 e. The Morgan fingerprint density at radius 1 is 1.54 bits per heavy atom. The summed E-state index contributed by atoms with van der Waals surface area (Å²) in [6.07, 6.45) is 5.49. The molecule has 13 heavy (non-hydrogen) atoms. The molecule has 66 valence electrons. The van der Waals surface area contributed by atoms with Crippen molar-refractivity contribution in [2.45, 2.75) is 6.54 Å². The molecule has 0 saturated carbocycles. The molecule has 0 fully saturated rings. The van der Waals surface area contributed by atoms with Crippen LogP contribution in [-0.2, 0) is 6.54 Å². The van der Waals surface area contributed by atoms with Gasteiger partial charge in [-0.3, -0.25) is 10.4 Å². The van der Waals surface area contributed by atoms with Crippen LogP contribution in [0, 0.1) is 5.41 Å². The van der Waals surface area contributed by atoms with Gasteiger partial charge in [-0.25, -0.2) is 0 Å². The first-order valence-electron chi connectivity index (χ1n) is 3.94. The maximum atomic E-state index is 7.56. The Hall–Kier alpha value is -1.42. The Morgan fingerprint density at radius 3 is 3.08 bits per heavy atom. The number of hydrogen-bond acceptors (Lipinski definition) is 3. The van der Waals surface area contributed by atoms with Gasteiger partial charge in [-0.1, -0.05) is 6.07 Å². The van der Waals surface area contributed by atoms with Crippen LogP contribution in [0.5, 0.6) is 0 Å². The second-order valence-electron chi connectivity index (χ2n) is 2.70. The van der Waals surface area contributed by atoms with Crippen molar-refractivity contribution in [2.75, 3.05) is 0 Å². The first-order valence-corrected chi connectivity index (χ1v) is 4.81. The van der Waals surface area contributed by atoms with Gasteiger partial charge in [0.15, 0.2) is 4.80 Å². The lowest BCUT2D eigenvalue weighted by Crippen LogP contribution is -2.12. The molecule has 0 amide bonds. The van der Waals surface area contributed by atoms with Gasteiger partial charge in [0, 0.05) is 24.0 Å². The molecule has 2 rings (SSSR count). The third-order valence-corrected chi connectivity index (χ3v) is 2.47. The highest BCUT2D eigenvalue weighted by Gasteiger charge is 1.95. The van der Waals surface area contributed by atoms with Crippen LogP contribution in [0.4, 0.5) is 0 Å². The molecule has 0 spiro atoms. The molecule has 0 aliphatic heterocycles. The lowest BCUT2D eigenvalue weighted by atomic mass is 10.3. The second-order valence-corrected chi connectivity index (χ2v) is 3.59. The zero-order chi connectivity index (χ0) is 9.10. The molecule has 0 aliphatic rings. The van der Waals surface area contributed by atoms with Crippen LogP contribution < -0.4 is 4.80 Å². The summed E-state index contributed by atoms with van der Waals surface area (Å²) in [5.74, 6) is 0. The second kappa shape index (κ2) is 3.53. The molecule has 0 bridgehead atoms. The Bertz CT molecular complexity index is 429. The first kappa shape index (κ1) is 8.19. The summed E-state index contributed by atoms with van der Waals surface area (Å²) in [5, 5.41) is 9.48. The topological polar surface area (TPSA) is 41.7 Å². The third kappa shape index (κ3) is 1.84. The Balaban J connectivity index is 2.25. The van der Waals surface area contributed by atoms with Gasteiger partial charge >= 0.3 is 0 Å². The fourth-order valence-electron chi connectivity index (χ4n) is 1.12. The van der Waals surface area contributed by atoms with Crippen molar-refractivity contribution in [2.24, 2.45) is 0 Å². The number of pyridine rings is 1. The van der Waals surface area contributed by atoms with Gasteiger partial charge in [-0.2, -0.15) is 0 Å². The van der Waals surface area contributed by atoms with E-state index in [4.69, 9.17) is 5.41 Å². The lowest BCUT2D eigenvalue weighted by Gasteiger charge is -2.00. The van der Waals surface area contributed by atoms with E-state index in [9.17, 15) is 0 Å². The number of rotatable bonds is 2. The molecule has 1 N–H and O–H groups in total. The fourth-order valence-corrected chi connectivity index (χ4v) is 1.71. The number of nitrogens with one attached hydrogen (secondary N) is 1. The molecule has 3 nitrogen and oxygen atoms in total. The van der Waals surface area contributed by atoms with E-state index in [0.717, 1.165) is 12.1 Å². The molecular formula is C9H9N3S. The van der Waals surface area contributed by atoms with Crippen LogP contribution in [0.15, 0.2) is 36.1 Å². The van der Waals surface area contributed by atoms with Crippen molar-refractivity contribution in [1.82, 2.24) is 9.55 Å². The van der Waals surface area contributed by atoms with Gasteiger partial charge in [0.05, 0.1) is 6.54 Å². The van der Waals surface area contributed by atoms with E-state index in [1.54, 1.807) is 6.20 Å². The number of thiazole rings is 1. The molecule has 2 heterocycles. The Labute approximate surface area is 79.8 Å². The van der Waals surface area contributed by atoms with Gasteiger partial charge in [0.1, 0.15) is 0 Å². The smallest absolute Gasteiger partial charge is 0.182 e. The lowest BCUT2D eigenvalue weighted by molar-refractivity contribution is 0.756. The summed E-state index contributed by atoms with van der Waals surface area (Å²) in [5.41, 5.74) is 1.12. The summed E-state index contributed by atoms with van der Waals surface area (Å²) >= 11 is 1.43. The average Bonchev–Trinajstić information content (AvgIpc) is 2.54. The zero-order valence-corrected chi connectivity index (χ0v) is 7.79. The van der Waals surface area contributed by atoms with E-state index >= 15 is 0 Å². The molecule has 0 atom stereocenters. The van der Waals surface area contributed by atoms with Crippen LogP contribution in [0.2, 0.25) is 0 Å². The average molecular weight is 191 g/mol. The molecule has 0 aromatic carbocycles. The van der Waals surface area contributed by atoms with Gasteiger partial charge in [-0.15, -0.1) is 11.3 Å². The third-order valence-electron chi connectivity index (χ3n) is 1.76. The van der Waals surface area contributed by atoms with Crippen molar-refractivity contribution in [3.8, 4) is 0 Å². The summed E-state index contributed by atoms with van der Waals surface area (Å²) in [6.45, 7) is 0.732. The summed E-state index contributed by atoms with van der Waals surface area (Å²) in [6, 6.07) is 3.92. The molecule has 0 radical (unpaired) electrons. The highest BCUT2D eigenvalue weighted by Crippen LogP contribution is 1.99. The first-order chi connectivity index (χ1) is 6.36.